The van der Waals surface area contributed by atoms with Crippen molar-refractivity contribution >= 4 is 29.2 Å². The van der Waals surface area contributed by atoms with Crippen molar-refractivity contribution < 1.29 is 19.5 Å². The Morgan fingerprint density at radius 2 is 1.92 bits per heavy atom. The molecule has 0 bridgehead atoms. The summed E-state index contributed by atoms with van der Waals surface area (Å²) in [7, 11) is 0. The molecule has 0 aliphatic heterocycles. The summed E-state index contributed by atoms with van der Waals surface area (Å²) < 4.78 is 0. The first kappa shape index (κ1) is 21.4. The molecule has 2 amide bonds. The minimum Gasteiger partial charge on any atom is -0.478 e. The van der Waals surface area contributed by atoms with Crippen LogP contribution in [0, 0.1) is 5.92 Å². The highest BCUT2D eigenvalue weighted by Gasteiger charge is 2.28. The molecule has 1 aromatic rings. The molecule has 144 valence electrons. The molecule has 2 atom stereocenters. The summed E-state index contributed by atoms with van der Waals surface area (Å²) in [5.41, 5.74) is 10.6. The number of amides is 2. The smallest absolute Gasteiger partial charge is 0.339 e. The second-order valence-corrected chi connectivity index (χ2v) is 6.96. The average molecular weight is 365 g/mol. The lowest BCUT2D eigenvalue weighted by Crippen LogP contribution is -2.53. The predicted octanol–water partition coefficient (Wildman–Crippen LogP) is 0.959. The van der Waals surface area contributed by atoms with Crippen LogP contribution in [0.2, 0.25) is 0 Å². The molecule has 26 heavy (non-hydrogen) atoms. The Hall–Kier alpha value is -2.68. The molecule has 0 spiro atoms. The zero-order valence-electron chi connectivity index (χ0n) is 15.5. The number of nitrogens with two attached hydrogens (primary N) is 2. The Morgan fingerprint density at radius 3 is 2.46 bits per heavy atom. The van der Waals surface area contributed by atoms with Gasteiger partial charge >= 0.3 is 5.97 Å². The number of hydrogen-bond donors (Lipinski definition) is 5. The number of nitrogen functional groups attached to an aromatic ring is 1. The Balaban J connectivity index is 2.76. The molecule has 1 aromatic heterocycles. The zero-order chi connectivity index (χ0) is 20.1. The van der Waals surface area contributed by atoms with Crippen LogP contribution in [0.3, 0.4) is 0 Å². The van der Waals surface area contributed by atoms with E-state index < -0.39 is 23.5 Å². The van der Waals surface area contributed by atoms with Crippen LogP contribution in [-0.4, -0.2) is 39.5 Å². The van der Waals surface area contributed by atoms with Crippen molar-refractivity contribution in [3.63, 3.8) is 0 Å². The topological polar surface area (TPSA) is 160 Å². The Morgan fingerprint density at radius 1 is 1.31 bits per heavy atom. The van der Waals surface area contributed by atoms with Crippen molar-refractivity contribution in [2.24, 2.45) is 11.7 Å². The lowest BCUT2D eigenvalue weighted by atomic mass is 9.95. The van der Waals surface area contributed by atoms with Gasteiger partial charge in [0.15, 0.2) is 0 Å². The van der Waals surface area contributed by atoms with Gasteiger partial charge in [-0.2, -0.15) is 0 Å². The molecule has 0 fully saturated rings. The molecular weight excluding hydrogens is 338 g/mol. The quantitative estimate of drug-likeness (QED) is 0.458. The number of nitrogens with one attached hydrogen (secondary N) is 2. The lowest BCUT2D eigenvalue weighted by molar-refractivity contribution is -0.125. The number of aromatic nitrogens is 1. The Kier molecular flexibility index (Phi) is 7.08. The van der Waals surface area contributed by atoms with Crippen molar-refractivity contribution in [1.82, 2.24) is 10.3 Å². The van der Waals surface area contributed by atoms with Gasteiger partial charge in [0, 0.05) is 18.2 Å². The van der Waals surface area contributed by atoms with Gasteiger partial charge in [0.2, 0.25) is 11.8 Å². The molecule has 0 aromatic carbocycles. The van der Waals surface area contributed by atoms with Crippen LogP contribution in [0.4, 0.5) is 11.4 Å². The van der Waals surface area contributed by atoms with Gasteiger partial charge < -0.3 is 27.2 Å². The maximum Gasteiger partial charge on any atom is 0.339 e. The molecule has 7 N–H and O–H groups in total. The first-order chi connectivity index (χ1) is 12.0. The van der Waals surface area contributed by atoms with Crippen molar-refractivity contribution in [3.8, 4) is 0 Å². The summed E-state index contributed by atoms with van der Waals surface area (Å²) in [4.78, 5) is 39.3. The van der Waals surface area contributed by atoms with E-state index in [0.29, 0.717) is 0 Å². The molecule has 0 aliphatic carbocycles. The van der Waals surface area contributed by atoms with Crippen molar-refractivity contribution in [1.29, 1.82) is 0 Å². The van der Waals surface area contributed by atoms with Gasteiger partial charge in [0.1, 0.15) is 5.56 Å². The average Bonchev–Trinajstić information content (AvgIpc) is 2.53. The Labute approximate surface area is 152 Å². The van der Waals surface area contributed by atoms with Crippen molar-refractivity contribution in [2.45, 2.75) is 52.1 Å². The van der Waals surface area contributed by atoms with Crippen LogP contribution in [0.15, 0.2) is 12.4 Å². The summed E-state index contributed by atoms with van der Waals surface area (Å²) in [6.07, 6.45) is 3.09. The molecule has 9 heteroatoms. The number of hydrogen-bond acceptors (Lipinski definition) is 6. The van der Waals surface area contributed by atoms with Gasteiger partial charge in [-0.25, -0.2) is 4.79 Å². The fourth-order valence-electron chi connectivity index (χ4n) is 2.31. The first-order valence-corrected chi connectivity index (χ1v) is 8.32. The maximum atomic E-state index is 12.3. The van der Waals surface area contributed by atoms with Crippen molar-refractivity contribution in [3.05, 3.63) is 18.0 Å². The zero-order valence-corrected chi connectivity index (χ0v) is 15.5. The number of aromatic carboxylic acids is 1. The van der Waals surface area contributed by atoms with Gasteiger partial charge in [0.05, 0.1) is 23.6 Å². The van der Waals surface area contributed by atoms with Crippen molar-refractivity contribution in [2.75, 3.05) is 11.1 Å². The fourth-order valence-corrected chi connectivity index (χ4v) is 2.31. The second kappa shape index (κ2) is 8.61. The molecule has 0 aliphatic rings. The summed E-state index contributed by atoms with van der Waals surface area (Å²) in [6.45, 7) is 7.22. The first-order valence-electron chi connectivity index (χ1n) is 8.32. The molecule has 1 rings (SSSR count). The summed E-state index contributed by atoms with van der Waals surface area (Å²) in [5, 5.41) is 14.3. The van der Waals surface area contributed by atoms with Crippen LogP contribution in [0.5, 0.6) is 0 Å². The molecular formula is C17H27N5O4. The van der Waals surface area contributed by atoms with E-state index in [9.17, 15) is 14.4 Å². The Bertz CT molecular complexity index is 690. The number of rotatable bonds is 8. The molecule has 1 heterocycles. The van der Waals surface area contributed by atoms with Crippen LogP contribution in [-0.2, 0) is 9.59 Å². The fraction of sp³-hybridized carbons (Fsp3) is 0.529. The van der Waals surface area contributed by atoms with Crippen LogP contribution >= 0.6 is 0 Å². The molecule has 0 unspecified atom stereocenters. The van der Waals surface area contributed by atoms with Gasteiger partial charge in [-0.3, -0.25) is 14.6 Å². The van der Waals surface area contributed by atoms with E-state index in [-0.39, 0.29) is 35.2 Å². The molecule has 0 saturated heterocycles. The minimum atomic E-state index is -1.24. The van der Waals surface area contributed by atoms with Gasteiger partial charge in [-0.15, -0.1) is 0 Å². The predicted molar refractivity (Wildman–Crippen MR) is 98.5 cm³/mol. The molecule has 0 saturated carbocycles. The van der Waals surface area contributed by atoms with Gasteiger partial charge in [-0.05, 0) is 19.8 Å². The SMILES string of the molecule is CC[C@H](C)[C@H](N)C(=O)NC(C)(C)CC(=O)Nc1cncc(C(=O)O)c1N. The van der Waals surface area contributed by atoms with E-state index in [1.165, 1.54) is 6.20 Å². The second-order valence-electron chi connectivity index (χ2n) is 6.96. The number of carboxylic acids is 1. The molecule has 9 nitrogen and oxygen atoms in total. The van der Waals surface area contributed by atoms with Gasteiger partial charge in [0.25, 0.3) is 0 Å². The highest BCUT2D eigenvalue weighted by Crippen LogP contribution is 2.22. The van der Waals surface area contributed by atoms with Crippen LogP contribution in [0.25, 0.3) is 0 Å². The monoisotopic (exact) mass is 365 g/mol. The lowest BCUT2D eigenvalue weighted by Gasteiger charge is -2.29. The number of carboxylic acid groups (broad SMARTS) is 1. The number of carbonyl (C=O) groups is 3. The number of pyridine rings is 1. The normalized spacial score (nSPS) is 13.6. The highest BCUT2D eigenvalue weighted by molar-refractivity contribution is 6.01. The minimum absolute atomic E-state index is 0.0178. The third kappa shape index (κ3) is 5.69. The van der Waals surface area contributed by atoms with Crippen LogP contribution in [0.1, 0.15) is 50.9 Å². The third-order valence-electron chi connectivity index (χ3n) is 4.12. The highest BCUT2D eigenvalue weighted by atomic mass is 16.4. The number of carbonyl (C=O) groups excluding carboxylic acids is 2. The third-order valence-corrected chi connectivity index (χ3v) is 4.12. The van der Waals surface area contributed by atoms with E-state index in [2.05, 4.69) is 15.6 Å². The van der Waals surface area contributed by atoms with E-state index in [4.69, 9.17) is 16.6 Å². The number of nitrogens with zero attached hydrogens (tertiary/aromatic N) is 1. The summed E-state index contributed by atoms with van der Waals surface area (Å²) in [5.74, 6) is -1.99. The van der Waals surface area contributed by atoms with E-state index in [0.717, 1.165) is 12.6 Å². The standard InChI is InChI=1S/C17H27N5O4/c1-5-9(2)13(18)15(24)22-17(3,4)6-12(23)21-11-8-20-7-10(14(11)19)16(25)26/h7-9,13H,5-6,18H2,1-4H3,(H2,19,20)(H,21,23)(H,22,24)(H,25,26)/t9-,13-/m0/s1. The van der Waals surface area contributed by atoms with Crippen LogP contribution < -0.4 is 22.1 Å². The summed E-state index contributed by atoms with van der Waals surface area (Å²) >= 11 is 0. The largest absolute Gasteiger partial charge is 0.478 e. The number of anilines is 2. The maximum absolute atomic E-state index is 12.3. The van der Waals surface area contributed by atoms with E-state index in [1.54, 1.807) is 13.8 Å². The van der Waals surface area contributed by atoms with E-state index >= 15 is 0 Å². The van der Waals surface area contributed by atoms with E-state index in [1.807, 2.05) is 13.8 Å². The summed E-state index contributed by atoms with van der Waals surface area (Å²) in [6, 6.07) is -0.658. The molecule has 0 radical (unpaired) electrons. The van der Waals surface area contributed by atoms with Gasteiger partial charge in [-0.1, -0.05) is 20.3 Å².